The predicted molar refractivity (Wildman–Crippen MR) is 110 cm³/mol. The molecule has 1 N–H and O–H groups in total. The maximum absolute atomic E-state index is 10.7. The van der Waals surface area contributed by atoms with Gasteiger partial charge >= 0.3 is 0 Å². The summed E-state index contributed by atoms with van der Waals surface area (Å²) in [7, 11) is 2.05. The van der Waals surface area contributed by atoms with Crippen LogP contribution in [0.4, 0.5) is 11.4 Å². The highest BCUT2D eigenvalue weighted by molar-refractivity contribution is 7.80. The summed E-state index contributed by atoms with van der Waals surface area (Å²) >= 11 is 5.54. The van der Waals surface area contributed by atoms with Crippen molar-refractivity contribution in [3.05, 3.63) is 58.6 Å². The van der Waals surface area contributed by atoms with Crippen LogP contribution in [-0.2, 0) is 0 Å². The van der Waals surface area contributed by atoms with Crippen LogP contribution in [0.5, 0.6) is 11.5 Å². The summed E-state index contributed by atoms with van der Waals surface area (Å²) in [5.74, 6) is 1.20. The average Bonchev–Trinajstić information content (AvgIpc) is 2.70. The number of benzene rings is 2. The summed E-state index contributed by atoms with van der Waals surface area (Å²) in [6, 6.07) is 14.0. The minimum Gasteiger partial charge on any atom is -0.457 e. The second-order valence-electron chi connectivity index (χ2n) is 6.71. The number of nitrogens with zero attached hydrogens (tertiary/aromatic N) is 2. The fourth-order valence-corrected chi connectivity index (χ4v) is 3.49. The second-order valence-corrected chi connectivity index (χ2v) is 7.10. The molecule has 1 fully saturated rings. The van der Waals surface area contributed by atoms with Crippen molar-refractivity contribution < 1.29 is 9.66 Å². The number of ether oxygens (including phenoxy) is 1. The average molecular weight is 385 g/mol. The van der Waals surface area contributed by atoms with Gasteiger partial charge < -0.3 is 15.0 Å². The summed E-state index contributed by atoms with van der Waals surface area (Å²) in [6.07, 6.45) is 6.25. The van der Waals surface area contributed by atoms with Gasteiger partial charge in [-0.2, -0.15) is 0 Å². The molecular formula is C20H23N3O3S. The Hall–Kier alpha value is -2.67. The molecule has 2 aromatic carbocycles. The number of hydrogen-bond donors (Lipinski definition) is 1. The zero-order valence-electron chi connectivity index (χ0n) is 15.3. The monoisotopic (exact) mass is 385 g/mol. The minimum atomic E-state index is -0.433. The number of non-ortho nitro benzene ring substituents is 1. The van der Waals surface area contributed by atoms with Crippen molar-refractivity contribution in [2.45, 2.75) is 38.1 Å². The van der Waals surface area contributed by atoms with Gasteiger partial charge in [0, 0.05) is 30.9 Å². The summed E-state index contributed by atoms with van der Waals surface area (Å²) in [4.78, 5) is 12.4. The Morgan fingerprint density at radius 3 is 2.19 bits per heavy atom. The third kappa shape index (κ3) is 5.17. The van der Waals surface area contributed by atoms with E-state index < -0.39 is 4.92 Å². The highest BCUT2D eigenvalue weighted by atomic mass is 32.1. The number of nitro groups is 1. The molecule has 0 radical (unpaired) electrons. The van der Waals surface area contributed by atoms with Crippen molar-refractivity contribution in [1.82, 2.24) is 4.90 Å². The second kappa shape index (κ2) is 8.81. The zero-order valence-corrected chi connectivity index (χ0v) is 16.1. The van der Waals surface area contributed by atoms with Crippen LogP contribution in [0.2, 0.25) is 0 Å². The highest BCUT2D eigenvalue weighted by Gasteiger charge is 2.19. The molecule has 0 spiro atoms. The highest BCUT2D eigenvalue weighted by Crippen LogP contribution is 2.26. The van der Waals surface area contributed by atoms with Crippen LogP contribution in [0.15, 0.2) is 48.5 Å². The van der Waals surface area contributed by atoms with Gasteiger partial charge in [0.05, 0.1) is 4.92 Å². The van der Waals surface area contributed by atoms with Gasteiger partial charge in [-0.1, -0.05) is 19.3 Å². The molecule has 0 bridgehead atoms. The lowest BCUT2D eigenvalue weighted by molar-refractivity contribution is -0.384. The van der Waals surface area contributed by atoms with Crippen molar-refractivity contribution in [2.75, 3.05) is 12.4 Å². The molecule has 2 aromatic rings. The third-order valence-electron chi connectivity index (χ3n) is 4.83. The van der Waals surface area contributed by atoms with Gasteiger partial charge in [-0.25, -0.2) is 0 Å². The lowest BCUT2D eigenvalue weighted by atomic mass is 9.95. The van der Waals surface area contributed by atoms with E-state index in [1.807, 2.05) is 24.3 Å². The number of nitrogens with one attached hydrogen (secondary N) is 1. The van der Waals surface area contributed by atoms with Gasteiger partial charge in [0.2, 0.25) is 0 Å². The van der Waals surface area contributed by atoms with E-state index in [9.17, 15) is 10.1 Å². The van der Waals surface area contributed by atoms with Crippen molar-refractivity contribution >= 4 is 28.7 Å². The Morgan fingerprint density at radius 2 is 1.63 bits per heavy atom. The summed E-state index contributed by atoms with van der Waals surface area (Å²) < 4.78 is 5.72. The molecule has 6 nitrogen and oxygen atoms in total. The molecule has 0 unspecified atom stereocenters. The first kappa shape index (κ1) is 19.1. The van der Waals surface area contributed by atoms with Crippen LogP contribution < -0.4 is 10.1 Å². The van der Waals surface area contributed by atoms with E-state index in [2.05, 4.69) is 17.3 Å². The van der Waals surface area contributed by atoms with E-state index in [4.69, 9.17) is 17.0 Å². The fraction of sp³-hybridized carbons (Fsp3) is 0.350. The van der Waals surface area contributed by atoms with Gasteiger partial charge in [0.1, 0.15) is 11.5 Å². The molecule has 0 heterocycles. The van der Waals surface area contributed by atoms with Gasteiger partial charge in [0.25, 0.3) is 5.69 Å². The Balaban J connectivity index is 1.56. The minimum absolute atomic E-state index is 0.0393. The molecule has 0 saturated heterocycles. The molecular weight excluding hydrogens is 362 g/mol. The molecule has 0 aromatic heterocycles. The molecule has 0 amide bonds. The molecule has 7 heteroatoms. The first-order chi connectivity index (χ1) is 13.0. The Kier molecular flexibility index (Phi) is 6.24. The number of thiocarbonyl (C=S) groups is 1. The molecule has 0 atom stereocenters. The molecule has 27 heavy (non-hydrogen) atoms. The number of nitro benzene ring substituents is 1. The molecule has 142 valence electrons. The lowest BCUT2D eigenvalue weighted by Gasteiger charge is -2.33. The Bertz CT molecular complexity index is 787. The first-order valence-corrected chi connectivity index (χ1v) is 9.50. The zero-order chi connectivity index (χ0) is 19.2. The van der Waals surface area contributed by atoms with Crippen molar-refractivity contribution in [2.24, 2.45) is 0 Å². The number of hydrogen-bond acceptors (Lipinski definition) is 4. The normalized spacial score (nSPS) is 14.4. The lowest BCUT2D eigenvalue weighted by Crippen LogP contribution is -2.40. The molecule has 0 aliphatic heterocycles. The van der Waals surface area contributed by atoms with E-state index in [1.165, 1.54) is 44.2 Å². The number of rotatable bonds is 5. The quantitative estimate of drug-likeness (QED) is 0.425. The van der Waals surface area contributed by atoms with Crippen LogP contribution >= 0.6 is 12.2 Å². The topological polar surface area (TPSA) is 67.6 Å². The van der Waals surface area contributed by atoms with E-state index >= 15 is 0 Å². The first-order valence-electron chi connectivity index (χ1n) is 9.09. The van der Waals surface area contributed by atoms with E-state index in [1.54, 1.807) is 12.1 Å². The van der Waals surface area contributed by atoms with E-state index in [-0.39, 0.29) is 5.69 Å². The molecule has 3 rings (SSSR count). The Morgan fingerprint density at radius 1 is 1.07 bits per heavy atom. The van der Waals surface area contributed by atoms with Crippen LogP contribution in [0.25, 0.3) is 0 Å². The van der Waals surface area contributed by atoms with Gasteiger partial charge in [-0.15, -0.1) is 0 Å². The van der Waals surface area contributed by atoms with Crippen molar-refractivity contribution in [3.8, 4) is 11.5 Å². The maximum atomic E-state index is 10.7. The van der Waals surface area contributed by atoms with Crippen molar-refractivity contribution in [1.29, 1.82) is 0 Å². The molecule has 1 aliphatic carbocycles. The van der Waals surface area contributed by atoms with Crippen LogP contribution in [0.3, 0.4) is 0 Å². The third-order valence-corrected chi connectivity index (χ3v) is 5.22. The van der Waals surface area contributed by atoms with Crippen LogP contribution in [0, 0.1) is 10.1 Å². The summed E-state index contributed by atoms with van der Waals surface area (Å²) in [5.41, 5.74) is 0.941. The predicted octanol–water partition coefficient (Wildman–Crippen LogP) is 5.35. The fourth-order valence-electron chi connectivity index (χ4n) is 3.22. The van der Waals surface area contributed by atoms with Crippen LogP contribution in [0.1, 0.15) is 32.1 Å². The Labute approximate surface area is 164 Å². The maximum Gasteiger partial charge on any atom is 0.269 e. The summed E-state index contributed by atoms with van der Waals surface area (Å²) in [6.45, 7) is 0. The van der Waals surface area contributed by atoms with E-state index in [0.29, 0.717) is 17.5 Å². The van der Waals surface area contributed by atoms with Crippen molar-refractivity contribution in [3.63, 3.8) is 0 Å². The summed E-state index contributed by atoms with van der Waals surface area (Å²) in [5, 5.41) is 14.7. The van der Waals surface area contributed by atoms with E-state index in [0.717, 1.165) is 10.8 Å². The SMILES string of the molecule is CN(C(=S)Nc1ccc(Oc2ccc([N+](=O)[O-])cc2)cc1)C1CCCCC1. The molecule has 1 saturated carbocycles. The smallest absolute Gasteiger partial charge is 0.269 e. The molecule has 1 aliphatic rings. The van der Waals surface area contributed by atoms with Gasteiger partial charge in [0.15, 0.2) is 5.11 Å². The van der Waals surface area contributed by atoms with Crippen LogP contribution in [-0.4, -0.2) is 28.0 Å². The standard InChI is InChI=1S/C20H23N3O3S/c1-22(16-5-3-2-4-6-16)20(27)21-15-7-11-18(12-8-15)26-19-13-9-17(10-14-19)23(24)25/h7-14,16H,2-6H2,1H3,(H,21,27). The number of anilines is 1. The van der Waals surface area contributed by atoms with Gasteiger partial charge in [-0.05, 0) is 61.5 Å². The van der Waals surface area contributed by atoms with Gasteiger partial charge in [-0.3, -0.25) is 10.1 Å². The largest absolute Gasteiger partial charge is 0.457 e.